The van der Waals surface area contributed by atoms with Crippen LogP contribution in [0.4, 0.5) is 0 Å². The molecule has 1 atom stereocenters. The van der Waals surface area contributed by atoms with Gasteiger partial charge in [0.15, 0.2) is 0 Å². The van der Waals surface area contributed by atoms with E-state index in [1.807, 2.05) is 27.0 Å². The zero-order valence-electron chi connectivity index (χ0n) is 8.93. The van der Waals surface area contributed by atoms with Crippen LogP contribution in [-0.4, -0.2) is 19.8 Å². The normalized spacial score (nSPS) is 14.4. The predicted molar refractivity (Wildman–Crippen MR) is 59.3 cm³/mol. The van der Waals surface area contributed by atoms with Gasteiger partial charge in [-0.2, -0.15) is 0 Å². The molecule has 1 heterocycles. The first-order valence-electron chi connectivity index (χ1n) is 4.48. The van der Waals surface area contributed by atoms with Crippen LogP contribution >= 0.6 is 15.9 Å². The Labute approximate surface area is 92.9 Å². The van der Waals surface area contributed by atoms with Crippen molar-refractivity contribution < 1.29 is 9.15 Å². The number of rotatable bonds is 4. The van der Waals surface area contributed by atoms with Crippen LogP contribution in [0.25, 0.3) is 0 Å². The van der Waals surface area contributed by atoms with E-state index in [9.17, 15) is 0 Å². The summed E-state index contributed by atoms with van der Waals surface area (Å²) in [6.45, 7) is 4.03. The van der Waals surface area contributed by atoms with Crippen molar-refractivity contribution >= 4 is 15.9 Å². The van der Waals surface area contributed by atoms with Gasteiger partial charge in [0.2, 0.25) is 0 Å². The molecule has 0 aliphatic carbocycles. The van der Waals surface area contributed by atoms with Gasteiger partial charge in [-0.05, 0) is 42.9 Å². The lowest BCUT2D eigenvalue weighted by Gasteiger charge is -2.31. The molecule has 0 fully saturated rings. The maximum atomic E-state index is 5.43. The minimum absolute atomic E-state index is 0.0249. The molecule has 4 heteroatoms. The average Bonchev–Trinajstić information content (AvgIpc) is 2.53. The first-order chi connectivity index (χ1) is 6.53. The Hall–Kier alpha value is -0.320. The lowest BCUT2D eigenvalue weighted by Crippen LogP contribution is -2.39. The molecule has 0 aromatic carbocycles. The van der Waals surface area contributed by atoms with Crippen molar-refractivity contribution in [2.45, 2.75) is 25.5 Å². The van der Waals surface area contributed by atoms with Gasteiger partial charge in [0.25, 0.3) is 0 Å². The molecule has 1 aromatic heterocycles. The maximum Gasteiger partial charge on any atom is 0.137 e. The fourth-order valence-electron chi connectivity index (χ4n) is 1.42. The third-order valence-corrected chi connectivity index (χ3v) is 3.07. The van der Waals surface area contributed by atoms with Gasteiger partial charge >= 0.3 is 0 Å². The van der Waals surface area contributed by atoms with Crippen LogP contribution < -0.4 is 5.32 Å². The van der Waals surface area contributed by atoms with Gasteiger partial charge < -0.3 is 14.5 Å². The lowest BCUT2D eigenvalue weighted by atomic mass is 9.96. The molecule has 1 aromatic rings. The molecule has 14 heavy (non-hydrogen) atoms. The highest BCUT2D eigenvalue weighted by Crippen LogP contribution is 2.33. The Balaban J connectivity index is 2.99. The van der Waals surface area contributed by atoms with Gasteiger partial charge in [-0.25, -0.2) is 0 Å². The number of ether oxygens (including phenoxy) is 1. The zero-order valence-corrected chi connectivity index (χ0v) is 10.5. The molecule has 0 bridgehead atoms. The summed E-state index contributed by atoms with van der Waals surface area (Å²) in [5.74, 6) is 0.861. The minimum Gasteiger partial charge on any atom is -0.466 e. The summed E-state index contributed by atoms with van der Waals surface area (Å²) in [5.41, 5.74) is -0.310. The summed E-state index contributed by atoms with van der Waals surface area (Å²) < 4.78 is 11.8. The minimum atomic E-state index is -0.310. The summed E-state index contributed by atoms with van der Waals surface area (Å²) in [6, 6.07) is 1.91. The molecule has 1 unspecified atom stereocenters. The first-order valence-corrected chi connectivity index (χ1v) is 5.27. The van der Waals surface area contributed by atoms with Crippen LogP contribution in [0.1, 0.15) is 25.6 Å². The van der Waals surface area contributed by atoms with Crippen molar-refractivity contribution in [2.75, 3.05) is 14.2 Å². The van der Waals surface area contributed by atoms with Gasteiger partial charge in [-0.15, -0.1) is 0 Å². The monoisotopic (exact) mass is 261 g/mol. The fraction of sp³-hybridized carbons (Fsp3) is 0.600. The van der Waals surface area contributed by atoms with Crippen molar-refractivity contribution in [3.05, 3.63) is 22.6 Å². The third kappa shape index (κ3) is 2.19. The van der Waals surface area contributed by atoms with Crippen molar-refractivity contribution in [3.8, 4) is 0 Å². The number of methoxy groups -OCH3 is 1. The largest absolute Gasteiger partial charge is 0.466 e. The number of hydrogen-bond donors (Lipinski definition) is 1. The van der Waals surface area contributed by atoms with Crippen molar-refractivity contribution in [2.24, 2.45) is 0 Å². The molecular weight excluding hydrogens is 246 g/mol. The van der Waals surface area contributed by atoms with E-state index in [2.05, 4.69) is 21.2 Å². The second-order valence-electron chi connectivity index (χ2n) is 3.66. The second-order valence-corrected chi connectivity index (χ2v) is 4.52. The molecule has 0 saturated heterocycles. The Morgan fingerprint density at radius 1 is 1.57 bits per heavy atom. The van der Waals surface area contributed by atoms with E-state index >= 15 is 0 Å². The van der Waals surface area contributed by atoms with E-state index in [0.29, 0.717) is 0 Å². The molecule has 1 N–H and O–H groups in total. The molecule has 0 amide bonds. The molecule has 0 saturated carbocycles. The van der Waals surface area contributed by atoms with Crippen molar-refractivity contribution in [1.82, 2.24) is 5.32 Å². The predicted octanol–water partition coefficient (Wildman–Crippen LogP) is 2.73. The molecule has 1 rings (SSSR count). The summed E-state index contributed by atoms with van der Waals surface area (Å²) in [6.07, 6.45) is 1.66. The van der Waals surface area contributed by atoms with Crippen LogP contribution in [-0.2, 0) is 4.74 Å². The smallest absolute Gasteiger partial charge is 0.137 e. The quantitative estimate of drug-likeness (QED) is 0.905. The SMILES string of the molecule is CNC(c1occc1Br)C(C)(C)OC. The highest BCUT2D eigenvalue weighted by molar-refractivity contribution is 9.10. The number of furan rings is 1. The molecule has 0 spiro atoms. The van der Waals surface area contributed by atoms with Crippen LogP contribution in [0.3, 0.4) is 0 Å². The van der Waals surface area contributed by atoms with Crippen LogP contribution in [0, 0.1) is 0 Å². The molecule has 80 valence electrons. The fourth-order valence-corrected chi connectivity index (χ4v) is 1.85. The third-order valence-electron chi connectivity index (χ3n) is 2.42. The molecular formula is C10H16BrNO2. The Morgan fingerprint density at radius 3 is 2.57 bits per heavy atom. The van der Waals surface area contributed by atoms with E-state index < -0.39 is 0 Å². The Morgan fingerprint density at radius 2 is 2.21 bits per heavy atom. The van der Waals surface area contributed by atoms with Crippen LogP contribution in [0.2, 0.25) is 0 Å². The van der Waals surface area contributed by atoms with Crippen molar-refractivity contribution in [3.63, 3.8) is 0 Å². The van der Waals surface area contributed by atoms with E-state index in [1.54, 1.807) is 13.4 Å². The first kappa shape index (κ1) is 11.8. The Kier molecular flexibility index (Phi) is 3.75. The second kappa shape index (κ2) is 4.47. The van der Waals surface area contributed by atoms with E-state index in [-0.39, 0.29) is 11.6 Å². The van der Waals surface area contributed by atoms with Gasteiger partial charge in [0, 0.05) is 7.11 Å². The van der Waals surface area contributed by atoms with Gasteiger partial charge in [0.1, 0.15) is 5.76 Å². The molecule has 0 radical (unpaired) electrons. The van der Waals surface area contributed by atoms with E-state index in [4.69, 9.17) is 9.15 Å². The van der Waals surface area contributed by atoms with E-state index in [0.717, 1.165) is 10.2 Å². The van der Waals surface area contributed by atoms with E-state index in [1.165, 1.54) is 0 Å². The average molecular weight is 262 g/mol. The van der Waals surface area contributed by atoms with Crippen molar-refractivity contribution in [1.29, 1.82) is 0 Å². The highest BCUT2D eigenvalue weighted by Gasteiger charge is 2.33. The number of nitrogens with one attached hydrogen (secondary N) is 1. The number of hydrogen-bond acceptors (Lipinski definition) is 3. The molecule has 0 aliphatic heterocycles. The summed E-state index contributed by atoms with van der Waals surface area (Å²) >= 11 is 3.44. The number of halogens is 1. The standard InChI is InChI=1S/C10H16BrNO2/c1-10(2,13-4)9(12-3)8-7(11)5-6-14-8/h5-6,9,12H,1-4H3. The van der Waals surface area contributed by atoms with Gasteiger partial charge in [0.05, 0.1) is 22.4 Å². The zero-order chi connectivity index (χ0) is 10.8. The van der Waals surface area contributed by atoms with Crippen LogP contribution in [0.5, 0.6) is 0 Å². The number of likely N-dealkylation sites (N-methyl/N-ethyl adjacent to an activating group) is 1. The van der Waals surface area contributed by atoms with Crippen LogP contribution in [0.15, 0.2) is 21.2 Å². The lowest BCUT2D eigenvalue weighted by molar-refractivity contribution is -0.0149. The molecule has 3 nitrogen and oxygen atoms in total. The highest BCUT2D eigenvalue weighted by atomic mass is 79.9. The topological polar surface area (TPSA) is 34.4 Å². The Bertz CT molecular complexity index is 296. The summed E-state index contributed by atoms with van der Waals surface area (Å²) in [7, 11) is 3.58. The molecule has 0 aliphatic rings. The van der Waals surface area contributed by atoms with Gasteiger partial charge in [-0.1, -0.05) is 0 Å². The summed E-state index contributed by atoms with van der Waals surface area (Å²) in [4.78, 5) is 0. The summed E-state index contributed by atoms with van der Waals surface area (Å²) in [5, 5.41) is 3.19. The van der Waals surface area contributed by atoms with Gasteiger partial charge in [-0.3, -0.25) is 0 Å². The maximum absolute atomic E-state index is 5.43.